The molecule has 0 unspecified atom stereocenters. The van der Waals surface area contributed by atoms with Crippen molar-refractivity contribution in [3.8, 4) is 22.8 Å². The largest absolute Gasteiger partial charge is 0.492 e. The smallest absolute Gasteiger partial charge is 0.264 e. The molecule has 0 aliphatic rings. The lowest BCUT2D eigenvalue weighted by Gasteiger charge is -2.13. The first-order valence-electron chi connectivity index (χ1n) is 9.75. The molecule has 0 aliphatic carbocycles. The Bertz CT molecular complexity index is 981. The fraction of sp³-hybridized carbons (Fsp3) is 0.304. The van der Waals surface area contributed by atoms with Crippen LogP contribution in [-0.2, 0) is 4.79 Å². The minimum absolute atomic E-state index is 0.0646. The predicted molar refractivity (Wildman–Crippen MR) is 122 cm³/mol. The fourth-order valence-corrected chi connectivity index (χ4v) is 3.64. The van der Waals surface area contributed by atoms with Crippen LogP contribution in [0.1, 0.15) is 11.1 Å². The highest BCUT2D eigenvalue weighted by atomic mass is 32.1. The van der Waals surface area contributed by atoms with Gasteiger partial charge in [-0.25, -0.2) is 4.98 Å². The quantitative estimate of drug-likeness (QED) is 0.551. The molecular formula is C23H27N3O3S. The maximum atomic E-state index is 12.3. The summed E-state index contributed by atoms with van der Waals surface area (Å²) in [7, 11) is 4.02. The maximum Gasteiger partial charge on any atom is 0.264 e. The average Bonchev–Trinajstić information content (AvgIpc) is 3.16. The number of thiazole rings is 1. The number of hydrogen-bond acceptors (Lipinski definition) is 6. The summed E-state index contributed by atoms with van der Waals surface area (Å²) in [4.78, 5) is 19.0. The molecule has 0 bridgehead atoms. The molecule has 30 heavy (non-hydrogen) atoms. The van der Waals surface area contributed by atoms with Gasteiger partial charge in [0, 0.05) is 17.5 Å². The number of ether oxygens (including phenoxy) is 2. The molecule has 0 fully saturated rings. The Hall–Kier alpha value is -2.90. The van der Waals surface area contributed by atoms with Crippen molar-refractivity contribution in [2.24, 2.45) is 0 Å². The van der Waals surface area contributed by atoms with Crippen LogP contribution in [0, 0.1) is 13.8 Å². The summed E-state index contributed by atoms with van der Waals surface area (Å²) in [5, 5.41) is 5.26. The Morgan fingerprint density at radius 3 is 2.53 bits per heavy atom. The standard InChI is InChI=1S/C23H27N3O3S/c1-16-8-7-9-17(2)22(16)29-14-21(27)25-23-24-19(15-30-23)18-10-5-6-11-20(18)28-13-12-26(3)4/h5-11,15H,12-14H2,1-4H3,(H,24,25,27). The number of aryl methyl sites for hydroxylation is 2. The van der Waals surface area contributed by atoms with Crippen LogP contribution < -0.4 is 14.8 Å². The minimum Gasteiger partial charge on any atom is -0.492 e. The Morgan fingerprint density at radius 1 is 1.07 bits per heavy atom. The van der Waals surface area contributed by atoms with Crippen LogP contribution in [0.5, 0.6) is 11.5 Å². The number of anilines is 1. The number of amides is 1. The van der Waals surface area contributed by atoms with Gasteiger partial charge in [0.25, 0.3) is 5.91 Å². The Labute approximate surface area is 181 Å². The molecule has 1 aromatic heterocycles. The molecule has 0 spiro atoms. The molecule has 7 heteroatoms. The molecule has 0 radical (unpaired) electrons. The van der Waals surface area contributed by atoms with E-state index in [1.54, 1.807) is 0 Å². The molecule has 0 atom stereocenters. The summed E-state index contributed by atoms with van der Waals surface area (Å²) < 4.78 is 11.6. The van der Waals surface area contributed by atoms with E-state index in [-0.39, 0.29) is 12.5 Å². The van der Waals surface area contributed by atoms with Gasteiger partial charge in [0.1, 0.15) is 18.1 Å². The van der Waals surface area contributed by atoms with Crippen molar-refractivity contribution < 1.29 is 14.3 Å². The molecule has 1 amide bonds. The summed E-state index contributed by atoms with van der Waals surface area (Å²) in [6.07, 6.45) is 0. The van der Waals surface area contributed by atoms with E-state index in [0.717, 1.165) is 40.4 Å². The van der Waals surface area contributed by atoms with E-state index in [1.807, 2.05) is 75.8 Å². The number of carbonyl (C=O) groups is 1. The van der Waals surface area contributed by atoms with E-state index in [4.69, 9.17) is 9.47 Å². The minimum atomic E-state index is -0.242. The van der Waals surface area contributed by atoms with Crippen LogP contribution >= 0.6 is 11.3 Å². The second-order valence-corrected chi connectivity index (χ2v) is 8.10. The SMILES string of the molecule is Cc1cccc(C)c1OCC(=O)Nc1nc(-c2ccccc2OCCN(C)C)cs1. The van der Waals surface area contributed by atoms with Gasteiger partial charge < -0.3 is 14.4 Å². The lowest BCUT2D eigenvalue weighted by molar-refractivity contribution is -0.118. The van der Waals surface area contributed by atoms with E-state index < -0.39 is 0 Å². The van der Waals surface area contributed by atoms with Gasteiger partial charge in [0.15, 0.2) is 11.7 Å². The van der Waals surface area contributed by atoms with Crippen LogP contribution in [0.15, 0.2) is 47.8 Å². The molecular weight excluding hydrogens is 398 g/mol. The predicted octanol–water partition coefficient (Wildman–Crippen LogP) is 4.38. The molecule has 3 rings (SSSR count). The lowest BCUT2D eigenvalue weighted by Crippen LogP contribution is -2.20. The normalized spacial score (nSPS) is 10.8. The summed E-state index contributed by atoms with van der Waals surface area (Å²) in [5.41, 5.74) is 3.68. The topological polar surface area (TPSA) is 63.7 Å². The maximum absolute atomic E-state index is 12.3. The van der Waals surface area contributed by atoms with Crippen LogP contribution in [0.3, 0.4) is 0 Å². The zero-order valence-electron chi connectivity index (χ0n) is 17.8. The van der Waals surface area contributed by atoms with Crippen LogP contribution in [0.2, 0.25) is 0 Å². The molecule has 1 heterocycles. The monoisotopic (exact) mass is 425 g/mol. The first kappa shape index (κ1) is 21.8. The summed E-state index contributed by atoms with van der Waals surface area (Å²) >= 11 is 1.38. The molecule has 3 aromatic rings. The second-order valence-electron chi connectivity index (χ2n) is 7.24. The third-order valence-corrected chi connectivity index (χ3v) is 5.22. The molecule has 6 nitrogen and oxygen atoms in total. The van der Waals surface area contributed by atoms with Gasteiger partial charge in [-0.2, -0.15) is 0 Å². The number of para-hydroxylation sites is 2. The molecule has 0 saturated carbocycles. The van der Waals surface area contributed by atoms with E-state index in [1.165, 1.54) is 11.3 Å². The Morgan fingerprint density at radius 2 is 1.80 bits per heavy atom. The van der Waals surface area contributed by atoms with Crippen molar-refractivity contribution in [3.05, 3.63) is 59.0 Å². The van der Waals surface area contributed by atoms with Crippen molar-refractivity contribution in [2.75, 3.05) is 39.2 Å². The van der Waals surface area contributed by atoms with Gasteiger partial charge in [-0.15, -0.1) is 11.3 Å². The Balaban J connectivity index is 1.62. The molecule has 158 valence electrons. The van der Waals surface area contributed by atoms with Gasteiger partial charge in [0.2, 0.25) is 0 Å². The lowest BCUT2D eigenvalue weighted by atomic mass is 10.1. The van der Waals surface area contributed by atoms with Crippen LogP contribution in [-0.4, -0.2) is 49.6 Å². The van der Waals surface area contributed by atoms with Crippen molar-refractivity contribution in [1.82, 2.24) is 9.88 Å². The number of rotatable bonds is 9. The van der Waals surface area contributed by atoms with E-state index >= 15 is 0 Å². The fourth-order valence-electron chi connectivity index (χ4n) is 2.92. The zero-order chi connectivity index (χ0) is 21.5. The number of nitrogens with zero attached hydrogens (tertiary/aromatic N) is 2. The highest BCUT2D eigenvalue weighted by Gasteiger charge is 2.13. The van der Waals surface area contributed by atoms with Gasteiger partial charge in [-0.05, 0) is 51.2 Å². The van der Waals surface area contributed by atoms with Crippen molar-refractivity contribution in [3.63, 3.8) is 0 Å². The number of carbonyl (C=O) groups excluding carboxylic acids is 1. The summed E-state index contributed by atoms with van der Waals surface area (Å²) in [6.45, 7) is 5.28. The number of nitrogens with one attached hydrogen (secondary N) is 1. The number of likely N-dealkylation sites (N-methyl/N-ethyl adjacent to an activating group) is 1. The van der Waals surface area contributed by atoms with Crippen molar-refractivity contribution >= 4 is 22.4 Å². The van der Waals surface area contributed by atoms with Crippen molar-refractivity contribution in [2.45, 2.75) is 13.8 Å². The number of aromatic nitrogens is 1. The molecule has 2 aromatic carbocycles. The van der Waals surface area contributed by atoms with Gasteiger partial charge >= 0.3 is 0 Å². The van der Waals surface area contributed by atoms with Gasteiger partial charge in [-0.3, -0.25) is 10.1 Å². The first-order chi connectivity index (χ1) is 14.4. The first-order valence-corrected chi connectivity index (χ1v) is 10.6. The van der Waals surface area contributed by atoms with Crippen molar-refractivity contribution in [1.29, 1.82) is 0 Å². The molecule has 1 N–H and O–H groups in total. The molecule has 0 saturated heterocycles. The molecule has 0 aliphatic heterocycles. The summed E-state index contributed by atoms with van der Waals surface area (Å²) in [5.74, 6) is 1.28. The third kappa shape index (κ3) is 5.81. The second kappa shape index (κ2) is 10.2. The number of hydrogen-bond donors (Lipinski definition) is 1. The van der Waals surface area contributed by atoms with E-state index in [0.29, 0.717) is 11.7 Å². The van der Waals surface area contributed by atoms with Gasteiger partial charge in [-0.1, -0.05) is 30.3 Å². The van der Waals surface area contributed by atoms with E-state index in [2.05, 4.69) is 15.2 Å². The van der Waals surface area contributed by atoms with Crippen LogP contribution in [0.4, 0.5) is 5.13 Å². The Kier molecular flexibility index (Phi) is 7.43. The zero-order valence-corrected chi connectivity index (χ0v) is 18.6. The summed E-state index contributed by atoms with van der Waals surface area (Å²) in [6, 6.07) is 13.7. The highest BCUT2D eigenvalue weighted by molar-refractivity contribution is 7.14. The van der Waals surface area contributed by atoms with Crippen LogP contribution in [0.25, 0.3) is 11.3 Å². The number of benzene rings is 2. The van der Waals surface area contributed by atoms with E-state index in [9.17, 15) is 4.79 Å². The average molecular weight is 426 g/mol. The third-order valence-electron chi connectivity index (χ3n) is 4.47. The van der Waals surface area contributed by atoms with Gasteiger partial charge in [0.05, 0.1) is 5.69 Å². The highest BCUT2D eigenvalue weighted by Crippen LogP contribution is 2.32.